The SMILES string of the molecule is COc1ccc(S(=O)(=O)NCCCSC)c(CCN)c1. The minimum atomic E-state index is -3.49. The predicted molar refractivity (Wildman–Crippen MR) is 83.9 cm³/mol. The van der Waals surface area contributed by atoms with E-state index in [2.05, 4.69) is 4.72 Å². The van der Waals surface area contributed by atoms with Crippen LogP contribution in [0.2, 0.25) is 0 Å². The van der Waals surface area contributed by atoms with Gasteiger partial charge in [0.1, 0.15) is 5.75 Å². The van der Waals surface area contributed by atoms with Crippen LogP contribution in [0, 0.1) is 0 Å². The van der Waals surface area contributed by atoms with E-state index in [0.29, 0.717) is 30.8 Å². The maximum absolute atomic E-state index is 12.3. The molecule has 0 radical (unpaired) electrons. The molecule has 1 aromatic rings. The van der Waals surface area contributed by atoms with Gasteiger partial charge in [0.2, 0.25) is 10.0 Å². The van der Waals surface area contributed by atoms with E-state index in [9.17, 15) is 8.42 Å². The fourth-order valence-corrected chi connectivity index (χ4v) is 3.55. The highest BCUT2D eigenvalue weighted by atomic mass is 32.2. The lowest BCUT2D eigenvalue weighted by atomic mass is 10.1. The number of ether oxygens (including phenoxy) is 1. The van der Waals surface area contributed by atoms with Crippen molar-refractivity contribution in [1.29, 1.82) is 0 Å². The van der Waals surface area contributed by atoms with E-state index >= 15 is 0 Å². The summed E-state index contributed by atoms with van der Waals surface area (Å²) in [6.45, 7) is 0.833. The average molecular weight is 318 g/mol. The molecule has 114 valence electrons. The van der Waals surface area contributed by atoms with Crippen LogP contribution in [0.25, 0.3) is 0 Å². The molecule has 0 amide bonds. The van der Waals surface area contributed by atoms with Gasteiger partial charge in [0, 0.05) is 6.54 Å². The third-order valence-electron chi connectivity index (χ3n) is 2.79. The van der Waals surface area contributed by atoms with Crippen molar-refractivity contribution in [3.63, 3.8) is 0 Å². The highest BCUT2D eigenvalue weighted by molar-refractivity contribution is 7.98. The van der Waals surface area contributed by atoms with Gasteiger partial charge in [-0.3, -0.25) is 0 Å². The number of nitrogens with one attached hydrogen (secondary N) is 1. The molecular formula is C13H22N2O3S2. The third-order valence-corrected chi connectivity index (χ3v) is 5.05. The van der Waals surface area contributed by atoms with Gasteiger partial charge in [0.15, 0.2) is 0 Å². The maximum atomic E-state index is 12.3. The second-order valence-electron chi connectivity index (χ2n) is 4.26. The minimum Gasteiger partial charge on any atom is -0.497 e. The molecule has 0 spiro atoms. The number of benzene rings is 1. The Bertz CT molecular complexity index is 518. The molecule has 0 saturated carbocycles. The highest BCUT2D eigenvalue weighted by Gasteiger charge is 2.18. The first-order valence-electron chi connectivity index (χ1n) is 6.40. The molecule has 5 nitrogen and oxygen atoms in total. The monoisotopic (exact) mass is 318 g/mol. The molecule has 0 unspecified atom stereocenters. The second kappa shape index (κ2) is 8.51. The van der Waals surface area contributed by atoms with Crippen molar-refractivity contribution < 1.29 is 13.2 Å². The normalized spacial score (nSPS) is 11.6. The van der Waals surface area contributed by atoms with Crippen LogP contribution in [-0.2, 0) is 16.4 Å². The number of rotatable bonds is 9. The van der Waals surface area contributed by atoms with Crippen molar-refractivity contribution in [1.82, 2.24) is 4.72 Å². The Kier molecular flexibility index (Phi) is 7.36. The molecule has 1 rings (SSSR count). The lowest BCUT2D eigenvalue weighted by Gasteiger charge is -2.12. The Labute approximate surface area is 125 Å². The first-order chi connectivity index (χ1) is 9.55. The Hall–Kier alpha value is -0.760. The molecule has 0 fully saturated rings. The van der Waals surface area contributed by atoms with Crippen LogP contribution in [0.15, 0.2) is 23.1 Å². The highest BCUT2D eigenvalue weighted by Crippen LogP contribution is 2.22. The smallest absolute Gasteiger partial charge is 0.240 e. The van der Waals surface area contributed by atoms with Crippen molar-refractivity contribution in [3.05, 3.63) is 23.8 Å². The molecule has 7 heteroatoms. The molecule has 0 aliphatic rings. The van der Waals surface area contributed by atoms with Gasteiger partial charge < -0.3 is 10.5 Å². The lowest BCUT2D eigenvalue weighted by molar-refractivity contribution is 0.413. The molecule has 0 aliphatic carbocycles. The van der Waals surface area contributed by atoms with E-state index in [1.54, 1.807) is 37.1 Å². The molecule has 1 aromatic carbocycles. The summed E-state index contributed by atoms with van der Waals surface area (Å²) in [7, 11) is -1.94. The van der Waals surface area contributed by atoms with Gasteiger partial charge >= 0.3 is 0 Å². The van der Waals surface area contributed by atoms with Crippen LogP contribution < -0.4 is 15.2 Å². The van der Waals surface area contributed by atoms with Gasteiger partial charge in [-0.1, -0.05) is 0 Å². The summed E-state index contributed by atoms with van der Waals surface area (Å²) in [4.78, 5) is 0.285. The van der Waals surface area contributed by atoms with Gasteiger partial charge in [-0.15, -0.1) is 0 Å². The number of hydrogen-bond donors (Lipinski definition) is 2. The minimum absolute atomic E-state index is 0.285. The van der Waals surface area contributed by atoms with Crippen molar-refractivity contribution >= 4 is 21.8 Å². The van der Waals surface area contributed by atoms with E-state index in [0.717, 1.165) is 12.2 Å². The fourth-order valence-electron chi connectivity index (χ4n) is 1.80. The van der Waals surface area contributed by atoms with E-state index in [4.69, 9.17) is 10.5 Å². The molecular weight excluding hydrogens is 296 g/mol. The molecule has 0 atom stereocenters. The summed E-state index contributed by atoms with van der Waals surface area (Å²) < 4.78 is 32.3. The first kappa shape index (κ1) is 17.3. The predicted octanol–water partition coefficient (Wildman–Crippen LogP) is 1.23. The molecule has 20 heavy (non-hydrogen) atoms. The van der Waals surface area contributed by atoms with Crippen LogP contribution in [0.1, 0.15) is 12.0 Å². The fraction of sp³-hybridized carbons (Fsp3) is 0.538. The summed E-state index contributed by atoms with van der Waals surface area (Å²) in [5.41, 5.74) is 6.23. The zero-order chi connectivity index (χ0) is 15.0. The summed E-state index contributed by atoms with van der Waals surface area (Å²) >= 11 is 1.70. The number of methoxy groups -OCH3 is 1. The summed E-state index contributed by atoms with van der Waals surface area (Å²) in [5.74, 6) is 1.57. The van der Waals surface area contributed by atoms with Crippen LogP contribution in [0.3, 0.4) is 0 Å². The molecule has 0 saturated heterocycles. The maximum Gasteiger partial charge on any atom is 0.240 e. The Balaban J connectivity index is 2.92. The molecule has 0 aromatic heterocycles. The standard InChI is InChI=1S/C13H22N2O3S2/c1-18-12-4-5-13(11(10-12)6-7-14)20(16,17)15-8-3-9-19-2/h4-5,10,15H,3,6-9,14H2,1-2H3. The van der Waals surface area contributed by atoms with Crippen molar-refractivity contribution in [2.24, 2.45) is 5.73 Å². The summed E-state index contributed by atoms with van der Waals surface area (Å²) in [6, 6.07) is 4.94. The first-order valence-corrected chi connectivity index (χ1v) is 9.28. The Morgan fingerprint density at radius 1 is 1.40 bits per heavy atom. The van der Waals surface area contributed by atoms with E-state index < -0.39 is 10.0 Å². The quantitative estimate of drug-likeness (QED) is 0.669. The third kappa shape index (κ3) is 4.97. The zero-order valence-corrected chi connectivity index (χ0v) is 13.5. The largest absolute Gasteiger partial charge is 0.497 e. The second-order valence-corrected chi connectivity index (χ2v) is 6.98. The Morgan fingerprint density at radius 2 is 2.15 bits per heavy atom. The zero-order valence-electron chi connectivity index (χ0n) is 11.9. The van der Waals surface area contributed by atoms with Crippen LogP contribution in [-0.4, -0.2) is 40.6 Å². The molecule has 3 N–H and O–H groups in total. The topological polar surface area (TPSA) is 81.4 Å². The van der Waals surface area contributed by atoms with Crippen LogP contribution in [0.5, 0.6) is 5.75 Å². The molecule has 0 heterocycles. The summed E-state index contributed by atoms with van der Waals surface area (Å²) in [6.07, 6.45) is 3.30. The van der Waals surface area contributed by atoms with Gasteiger partial charge in [-0.25, -0.2) is 13.1 Å². The lowest BCUT2D eigenvalue weighted by Crippen LogP contribution is -2.26. The molecule has 0 aliphatic heterocycles. The average Bonchev–Trinajstić information content (AvgIpc) is 2.43. The van der Waals surface area contributed by atoms with Crippen LogP contribution in [0.4, 0.5) is 0 Å². The van der Waals surface area contributed by atoms with Gasteiger partial charge in [0.25, 0.3) is 0 Å². The number of nitrogens with two attached hydrogens (primary N) is 1. The summed E-state index contributed by atoms with van der Waals surface area (Å²) in [5, 5.41) is 0. The van der Waals surface area contributed by atoms with Gasteiger partial charge in [-0.2, -0.15) is 11.8 Å². The van der Waals surface area contributed by atoms with Crippen molar-refractivity contribution in [2.75, 3.05) is 32.2 Å². The van der Waals surface area contributed by atoms with Crippen molar-refractivity contribution in [3.8, 4) is 5.75 Å². The van der Waals surface area contributed by atoms with Crippen molar-refractivity contribution in [2.45, 2.75) is 17.7 Å². The van der Waals surface area contributed by atoms with E-state index in [1.165, 1.54) is 0 Å². The van der Waals surface area contributed by atoms with Gasteiger partial charge in [-0.05, 0) is 55.2 Å². The Morgan fingerprint density at radius 3 is 2.75 bits per heavy atom. The molecule has 0 bridgehead atoms. The van der Waals surface area contributed by atoms with E-state index in [-0.39, 0.29) is 4.90 Å². The van der Waals surface area contributed by atoms with Crippen LogP contribution >= 0.6 is 11.8 Å². The number of thioether (sulfide) groups is 1. The van der Waals surface area contributed by atoms with Gasteiger partial charge in [0.05, 0.1) is 12.0 Å². The van der Waals surface area contributed by atoms with E-state index in [1.807, 2.05) is 6.26 Å². The number of hydrogen-bond acceptors (Lipinski definition) is 5. The number of sulfonamides is 1.